The van der Waals surface area contributed by atoms with Crippen LogP contribution in [0.5, 0.6) is 0 Å². The predicted molar refractivity (Wildman–Crippen MR) is 125 cm³/mol. The Hall–Kier alpha value is -2.78. The normalized spacial score (nSPS) is 16.9. The summed E-state index contributed by atoms with van der Waals surface area (Å²) in [6, 6.07) is 8.58. The van der Waals surface area contributed by atoms with Crippen LogP contribution in [0.15, 0.2) is 41.3 Å². The lowest BCUT2D eigenvalue weighted by atomic mass is 10.0. The van der Waals surface area contributed by atoms with Crippen molar-refractivity contribution >= 4 is 27.5 Å². The monoisotopic (exact) mass is 475 g/mol. The fraction of sp³-hybridized carbons (Fsp3) is 0.417. The average molecular weight is 476 g/mol. The maximum atomic E-state index is 13.5. The molecule has 0 radical (unpaired) electrons. The molecule has 1 aliphatic heterocycles. The van der Waals surface area contributed by atoms with Gasteiger partial charge in [-0.3, -0.25) is 9.59 Å². The standard InChI is InChI=1S/C24H30FN3O4S/c1-16-14-17(2)22(18(3)15-16)33(31,32)28-13-5-4-6-21(28)11-12-26-23(29)24(30)27-20-9-7-19(25)8-10-20/h7-10,14-15,21H,4-6,11-13H2,1-3H3,(H,26,29)(H,27,30)/t21-/m0/s1. The Morgan fingerprint density at radius 1 is 1.03 bits per heavy atom. The number of nitrogens with zero attached hydrogens (tertiary/aromatic N) is 1. The molecule has 1 atom stereocenters. The molecule has 178 valence electrons. The van der Waals surface area contributed by atoms with Crippen LogP contribution in [-0.4, -0.2) is 43.7 Å². The van der Waals surface area contributed by atoms with Crippen LogP contribution in [0.4, 0.5) is 10.1 Å². The molecule has 1 fully saturated rings. The molecule has 2 amide bonds. The molecule has 0 bridgehead atoms. The zero-order valence-corrected chi connectivity index (χ0v) is 20.0. The Morgan fingerprint density at radius 3 is 2.30 bits per heavy atom. The molecule has 7 nitrogen and oxygen atoms in total. The number of hydrogen-bond acceptors (Lipinski definition) is 4. The van der Waals surface area contributed by atoms with Crippen molar-refractivity contribution in [3.8, 4) is 0 Å². The van der Waals surface area contributed by atoms with Crippen molar-refractivity contribution in [1.29, 1.82) is 0 Å². The molecule has 0 aromatic heterocycles. The molecule has 1 heterocycles. The van der Waals surface area contributed by atoms with E-state index in [-0.39, 0.29) is 12.6 Å². The highest BCUT2D eigenvalue weighted by molar-refractivity contribution is 7.89. The van der Waals surface area contributed by atoms with E-state index in [9.17, 15) is 22.4 Å². The Morgan fingerprint density at radius 2 is 1.67 bits per heavy atom. The van der Waals surface area contributed by atoms with Crippen molar-refractivity contribution in [2.24, 2.45) is 0 Å². The minimum absolute atomic E-state index is 0.165. The van der Waals surface area contributed by atoms with Gasteiger partial charge in [-0.15, -0.1) is 0 Å². The van der Waals surface area contributed by atoms with E-state index in [0.717, 1.165) is 29.5 Å². The van der Waals surface area contributed by atoms with Crippen LogP contribution in [0.3, 0.4) is 0 Å². The highest BCUT2D eigenvalue weighted by Gasteiger charge is 2.35. The first-order chi connectivity index (χ1) is 15.6. The van der Waals surface area contributed by atoms with Crippen LogP contribution in [0.25, 0.3) is 0 Å². The van der Waals surface area contributed by atoms with E-state index >= 15 is 0 Å². The largest absolute Gasteiger partial charge is 0.348 e. The summed E-state index contributed by atoms with van der Waals surface area (Å²) in [5.41, 5.74) is 2.77. The number of anilines is 1. The van der Waals surface area contributed by atoms with E-state index in [2.05, 4.69) is 10.6 Å². The molecule has 2 aromatic rings. The molecule has 0 saturated carbocycles. The van der Waals surface area contributed by atoms with Crippen LogP contribution in [0.1, 0.15) is 42.4 Å². The summed E-state index contributed by atoms with van der Waals surface area (Å²) in [7, 11) is -3.69. The van der Waals surface area contributed by atoms with Gasteiger partial charge in [0.25, 0.3) is 0 Å². The van der Waals surface area contributed by atoms with Crippen LogP contribution >= 0.6 is 0 Å². The van der Waals surface area contributed by atoms with Gasteiger partial charge >= 0.3 is 11.8 Å². The van der Waals surface area contributed by atoms with Crippen LogP contribution in [-0.2, 0) is 19.6 Å². The Bertz CT molecular complexity index is 1110. The van der Waals surface area contributed by atoms with Gasteiger partial charge < -0.3 is 10.6 Å². The summed E-state index contributed by atoms with van der Waals surface area (Å²) in [6.45, 7) is 6.16. The third-order valence-electron chi connectivity index (χ3n) is 5.82. The fourth-order valence-corrected chi connectivity index (χ4v) is 6.56. The molecule has 0 aliphatic carbocycles. The van der Waals surface area contributed by atoms with E-state index in [1.807, 2.05) is 32.9 Å². The van der Waals surface area contributed by atoms with Crippen molar-refractivity contribution in [2.75, 3.05) is 18.4 Å². The lowest BCUT2D eigenvalue weighted by Gasteiger charge is -2.35. The number of piperidine rings is 1. The first kappa shape index (κ1) is 24.9. The molecule has 2 aromatic carbocycles. The Balaban J connectivity index is 1.63. The summed E-state index contributed by atoms with van der Waals surface area (Å²) in [4.78, 5) is 24.6. The SMILES string of the molecule is Cc1cc(C)c(S(=O)(=O)N2CCCC[C@H]2CCNC(=O)C(=O)Nc2ccc(F)cc2)c(C)c1. The Kier molecular flexibility index (Phi) is 7.86. The minimum Gasteiger partial charge on any atom is -0.348 e. The number of amides is 2. The lowest BCUT2D eigenvalue weighted by Crippen LogP contribution is -2.46. The van der Waals surface area contributed by atoms with E-state index < -0.39 is 27.7 Å². The van der Waals surface area contributed by atoms with Crippen LogP contribution in [0.2, 0.25) is 0 Å². The Labute approximate surface area is 194 Å². The second kappa shape index (κ2) is 10.4. The number of hydrogen-bond donors (Lipinski definition) is 2. The summed E-state index contributed by atoms with van der Waals surface area (Å²) in [6.07, 6.45) is 2.78. The summed E-state index contributed by atoms with van der Waals surface area (Å²) in [5.74, 6) is -2.13. The predicted octanol–water partition coefficient (Wildman–Crippen LogP) is 3.44. The number of halogens is 1. The third-order valence-corrected chi connectivity index (χ3v) is 8.07. The van der Waals surface area contributed by atoms with Crippen molar-refractivity contribution in [1.82, 2.24) is 9.62 Å². The number of nitrogens with one attached hydrogen (secondary N) is 2. The van der Waals surface area contributed by atoms with Crippen molar-refractivity contribution < 1.29 is 22.4 Å². The van der Waals surface area contributed by atoms with Gasteiger partial charge in [0.05, 0.1) is 4.90 Å². The number of aryl methyl sites for hydroxylation is 3. The van der Waals surface area contributed by atoms with E-state index in [1.54, 1.807) is 4.31 Å². The molecule has 0 unspecified atom stereocenters. The van der Waals surface area contributed by atoms with Crippen molar-refractivity contribution in [3.05, 3.63) is 58.9 Å². The molecule has 0 spiro atoms. The van der Waals surface area contributed by atoms with Crippen molar-refractivity contribution in [3.63, 3.8) is 0 Å². The van der Waals surface area contributed by atoms with E-state index in [1.165, 1.54) is 24.3 Å². The van der Waals surface area contributed by atoms with Crippen molar-refractivity contribution in [2.45, 2.75) is 57.4 Å². The maximum Gasteiger partial charge on any atom is 0.313 e. The summed E-state index contributed by atoms with van der Waals surface area (Å²) < 4.78 is 41.6. The number of sulfonamides is 1. The van der Waals surface area contributed by atoms with Crippen LogP contribution in [0, 0.1) is 26.6 Å². The van der Waals surface area contributed by atoms with Gasteiger partial charge in [-0.05, 0) is 75.4 Å². The van der Waals surface area contributed by atoms with Gasteiger partial charge in [0.15, 0.2) is 0 Å². The summed E-state index contributed by atoms with van der Waals surface area (Å²) in [5, 5.41) is 4.96. The van der Waals surface area contributed by atoms with Crippen LogP contribution < -0.4 is 10.6 Å². The van der Waals surface area contributed by atoms with Gasteiger partial charge in [0, 0.05) is 24.8 Å². The van der Waals surface area contributed by atoms with Gasteiger partial charge in [-0.1, -0.05) is 24.1 Å². The number of benzene rings is 2. The van der Waals surface area contributed by atoms with E-state index in [4.69, 9.17) is 0 Å². The third kappa shape index (κ3) is 5.97. The van der Waals surface area contributed by atoms with E-state index in [0.29, 0.717) is 30.0 Å². The molecule has 33 heavy (non-hydrogen) atoms. The topological polar surface area (TPSA) is 95.6 Å². The first-order valence-corrected chi connectivity index (χ1v) is 12.5. The second-order valence-electron chi connectivity index (χ2n) is 8.50. The molecular formula is C24H30FN3O4S. The lowest BCUT2D eigenvalue weighted by molar-refractivity contribution is -0.136. The quantitative estimate of drug-likeness (QED) is 0.626. The first-order valence-electron chi connectivity index (χ1n) is 11.0. The highest BCUT2D eigenvalue weighted by atomic mass is 32.2. The smallest absolute Gasteiger partial charge is 0.313 e. The van der Waals surface area contributed by atoms with Gasteiger partial charge in [0.1, 0.15) is 5.82 Å². The molecule has 1 saturated heterocycles. The summed E-state index contributed by atoms with van der Waals surface area (Å²) >= 11 is 0. The maximum absolute atomic E-state index is 13.5. The van der Waals surface area contributed by atoms with Gasteiger partial charge in [0.2, 0.25) is 10.0 Å². The number of carbonyl (C=O) groups is 2. The molecular weight excluding hydrogens is 445 g/mol. The zero-order valence-electron chi connectivity index (χ0n) is 19.2. The molecule has 2 N–H and O–H groups in total. The minimum atomic E-state index is -3.69. The second-order valence-corrected chi connectivity index (χ2v) is 10.3. The fourth-order valence-electron chi connectivity index (χ4n) is 4.42. The van der Waals surface area contributed by atoms with Gasteiger partial charge in [-0.2, -0.15) is 4.31 Å². The highest BCUT2D eigenvalue weighted by Crippen LogP contribution is 2.31. The molecule has 3 rings (SSSR count). The molecule has 9 heteroatoms. The average Bonchev–Trinajstić information content (AvgIpc) is 2.74. The molecule has 1 aliphatic rings. The zero-order chi connectivity index (χ0) is 24.2. The number of rotatable bonds is 6. The van der Waals surface area contributed by atoms with Gasteiger partial charge in [-0.25, -0.2) is 12.8 Å². The number of carbonyl (C=O) groups excluding carboxylic acids is 2.